The van der Waals surface area contributed by atoms with Crippen LogP contribution in [-0.2, 0) is 9.53 Å². The number of carbonyl (C=O) groups excluding carboxylic acids is 1. The molecule has 0 saturated heterocycles. The lowest BCUT2D eigenvalue weighted by Crippen LogP contribution is -2.42. The lowest BCUT2D eigenvalue weighted by molar-refractivity contribution is -0.117. The summed E-state index contributed by atoms with van der Waals surface area (Å²) in [4.78, 5) is 11.0. The molecular weight excluding hydrogens is 141 g/mol. The molecular formula is C7H10BNO2. The van der Waals surface area contributed by atoms with Crippen molar-refractivity contribution in [1.29, 1.82) is 0 Å². The normalized spacial score (nSPS) is 30.6. The highest BCUT2D eigenvalue weighted by Gasteiger charge is 2.35. The number of methoxy groups -OCH3 is 1. The topological polar surface area (TPSA) is 38.3 Å². The second kappa shape index (κ2) is 2.29. The molecule has 0 aliphatic carbocycles. The van der Waals surface area contributed by atoms with E-state index in [9.17, 15) is 4.79 Å². The Kier molecular flexibility index (Phi) is 1.70. The number of hydrogen-bond donors (Lipinski definition) is 1. The van der Waals surface area contributed by atoms with Gasteiger partial charge < -0.3 is 10.1 Å². The number of nitrogens with one attached hydrogen (secondary N) is 1. The van der Waals surface area contributed by atoms with E-state index in [-0.39, 0.29) is 5.91 Å². The van der Waals surface area contributed by atoms with Crippen LogP contribution >= 0.6 is 0 Å². The Morgan fingerprint density at radius 1 is 1.64 bits per heavy atom. The third-order valence-corrected chi connectivity index (χ3v) is 1.73. The molecule has 0 spiro atoms. The highest BCUT2D eigenvalue weighted by Crippen LogP contribution is 2.23. The van der Waals surface area contributed by atoms with Crippen LogP contribution in [0.25, 0.3) is 0 Å². The van der Waals surface area contributed by atoms with Crippen molar-refractivity contribution in [2.75, 3.05) is 7.11 Å². The molecule has 0 aromatic carbocycles. The first-order chi connectivity index (χ1) is 4.99. The van der Waals surface area contributed by atoms with Crippen LogP contribution in [0, 0.1) is 0 Å². The number of carbonyl (C=O) groups is 1. The molecule has 1 unspecified atom stereocenters. The van der Waals surface area contributed by atoms with Gasteiger partial charge in [0.15, 0.2) is 0 Å². The Morgan fingerprint density at radius 2 is 2.18 bits per heavy atom. The van der Waals surface area contributed by atoms with E-state index < -0.39 is 5.44 Å². The summed E-state index contributed by atoms with van der Waals surface area (Å²) in [7, 11) is 7.20. The molecule has 1 atom stereocenters. The Labute approximate surface area is 67.2 Å². The van der Waals surface area contributed by atoms with Crippen LogP contribution in [0.4, 0.5) is 0 Å². The Bertz CT molecular complexity index is 233. The van der Waals surface area contributed by atoms with E-state index in [1.54, 1.807) is 13.8 Å². The molecule has 2 radical (unpaired) electrons. The molecule has 58 valence electrons. The summed E-state index contributed by atoms with van der Waals surface area (Å²) in [5.74, 6) is 0.356. The fraction of sp³-hybridized carbons (Fsp3) is 0.571. The fourth-order valence-corrected chi connectivity index (χ4v) is 1.24. The van der Waals surface area contributed by atoms with Crippen molar-refractivity contribution in [2.24, 2.45) is 0 Å². The molecule has 4 heteroatoms. The molecule has 1 rings (SSSR count). The van der Waals surface area contributed by atoms with Crippen LogP contribution in [0.3, 0.4) is 0 Å². The second-order valence-electron chi connectivity index (χ2n) is 2.81. The number of amides is 1. The fourth-order valence-electron chi connectivity index (χ4n) is 1.24. The third-order valence-electron chi connectivity index (χ3n) is 1.73. The maximum atomic E-state index is 11.0. The molecule has 0 saturated carbocycles. The van der Waals surface area contributed by atoms with Crippen LogP contribution in [0.5, 0.6) is 0 Å². The quantitative estimate of drug-likeness (QED) is 0.532. The zero-order valence-corrected chi connectivity index (χ0v) is 6.89. The minimum Gasteiger partial charge on any atom is -0.499 e. The van der Waals surface area contributed by atoms with Crippen molar-refractivity contribution in [1.82, 2.24) is 5.32 Å². The number of ether oxygens (including phenoxy) is 1. The van der Waals surface area contributed by atoms with Gasteiger partial charge in [0.1, 0.15) is 13.6 Å². The summed E-state index contributed by atoms with van der Waals surface area (Å²) in [5, 5.41) is 2.58. The average Bonchev–Trinajstić information content (AvgIpc) is 2.03. The first kappa shape index (κ1) is 8.17. The van der Waals surface area contributed by atoms with Gasteiger partial charge in [-0.2, -0.15) is 0 Å². The summed E-state index contributed by atoms with van der Waals surface area (Å²) in [6, 6.07) is 0. The van der Waals surface area contributed by atoms with Crippen LogP contribution in [-0.4, -0.2) is 26.3 Å². The molecule has 0 fully saturated rings. The van der Waals surface area contributed by atoms with Gasteiger partial charge in [0.2, 0.25) is 0 Å². The summed E-state index contributed by atoms with van der Waals surface area (Å²) in [6.07, 6.45) is 0. The Balaban J connectivity index is 3.06. The van der Waals surface area contributed by atoms with Gasteiger partial charge in [0.25, 0.3) is 5.91 Å². The summed E-state index contributed by atoms with van der Waals surface area (Å²) < 4.78 is 4.98. The first-order valence-corrected chi connectivity index (χ1v) is 3.36. The molecule has 1 aliphatic heterocycles. The van der Waals surface area contributed by atoms with Crippen LogP contribution < -0.4 is 5.32 Å². The summed E-state index contributed by atoms with van der Waals surface area (Å²) in [5.41, 5.74) is -0.284. The Morgan fingerprint density at radius 3 is 2.36 bits per heavy atom. The molecule has 0 aromatic heterocycles. The summed E-state index contributed by atoms with van der Waals surface area (Å²) in [6.45, 7) is 3.38. The number of rotatable bonds is 1. The molecule has 1 amide bonds. The van der Waals surface area contributed by atoms with Crippen molar-refractivity contribution < 1.29 is 9.53 Å². The van der Waals surface area contributed by atoms with Crippen molar-refractivity contribution in [3.63, 3.8) is 0 Å². The molecule has 1 N–H and O–H groups in total. The van der Waals surface area contributed by atoms with Crippen molar-refractivity contribution in [2.45, 2.75) is 19.3 Å². The smallest absolute Gasteiger partial charge is 0.250 e. The van der Waals surface area contributed by atoms with Gasteiger partial charge in [-0.15, -0.1) is 0 Å². The van der Waals surface area contributed by atoms with E-state index in [0.717, 1.165) is 0 Å². The predicted octanol–water partition coefficient (Wildman–Crippen LogP) is -0.0787. The highest BCUT2D eigenvalue weighted by atomic mass is 16.5. The number of hydrogen-bond acceptors (Lipinski definition) is 2. The minimum atomic E-state index is -0.837. The third kappa shape index (κ3) is 1.13. The SMILES string of the molecule is [B]C1(C)NC(=O)C(C)=C1OC. The maximum Gasteiger partial charge on any atom is 0.250 e. The lowest BCUT2D eigenvalue weighted by Gasteiger charge is -2.21. The van der Waals surface area contributed by atoms with Gasteiger partial charge >= 0.3 is 0 Å². The summed E-state index contributed by atoms with van der Waals surface area (Å²) >= 11 is 0. The van der Waals surface area contributed by atoms with E-state index >= 15 is 0 Å². The van der Waals surface area contributed by atoms with Crippen molar-refractivity contribution in [3.05, 3.63) is 11.3 Å². The average molecular weight is 151 g/mol. The van der Waals surface area contributed by atoms with E-state index in [1.807, 2.05) is 0 Å². The molecule has 11 heavy (non-hydrogen) atoms. The van der Waals surface area contributed by atoms with Crippen LogP contribution in [0.2, 0.25) is 0 Å². The second-order valence-corrected chi connectivity index (χ2v) is 2.81. The highest BCUT2D eigenvalue weighted by molar-refractivity contribution is 6.21. The van der Waals surface area contributed by atoms with Gasteiger partial charge in [-0.25, -0.2) is 0 Å². The van der Waals surface area contributed by atoms with Crippen LogP contribution in [0.15, 0.2) is 11.3 Å². The standard InChI is InChI=1S/C7H10BNO2/c1-4-5(11-3)7(2,8)9-6(4)10/h1-3H3,(H,9,10). The van der Waals surface area contributed by atoms with Gasteiger partial charge in [-0.1, -0.05) is 0 Å². The minimum absolute atomic E-state index is 0.160. The van der Waals surface area contributed by atoms with E-state index in [1.165, 1.54) is 7.11 Å². The van der Waals surface area contributed by atoms with Crippen LogP contribution in [0.1, 0.15) is 13.8 Å². The lowest BCUT2D eigenvalue weighted by atomic mass is 9.79. The van der Waals surface area contributed by atoms with Gasteiger partial charge in [-0.3, -0.25) is 4.79 Å². The van der Waals surface area contributed by atoms with Crippen molar-refractivity contribution in [3.8, 4) is 0 Å². The molecule has 3 nitrogen and oxygen atoms in total. The zero-order valence-electron chi connectivity index (χ0n) is 6.89. The molecule has 1 aliphatic rings. The van der Waals surface area contributed by atoms with E-state index in [0.29, 0.717) is 11.3 Å². The van der Waals surface area contributed by atoms with Gasteiger partial charge in [-0.05, 0) is 13.8 Å². The van der Waals surface area contributed by atoms with Gasteiger partial charge in [0.05, 0.1) is 18.1 Å². The monoisotopic (exact) mass is 151 g/mol. The van der Waals surface area contributed by atoms with Crippen molar-refractivity contribution >= 4 is 13.8 Å². The maximum absolute atomic E-state index is 11.0. The first-order valence-electron chi connectivity index (χ1n) is 3.36. The molecule has 0 aromatic rings. The zero-order chi connectivity index (χ0) is 8.65. The van der Waals surface area contributed by atoms with E-state index in [2.05, 4.69) is 5.32 Å². The largest absolute Gasteiger partial charge is 0.499 e. The molecule has 1 heterocycles. The van der Waals surface area contributed by atoms with Gasteiger partial charge in [0, 0.05) is 0 Å². The van der Waals surface area contributed by atoms with E-state index in [4.69, 9.17) is 12.6 Å². The predicted molar refractivity (Wildman–Crippen MR) is 42.0 cm³/mol. The molecule has 0 bridgehead atoms. The Hall–Kier alpha value is -0.925.